The zero-order valence-corrected chi connectivity index (χ0v) is 14.8. The smallest absolute Gasteiger partial charge is 0.247 e. The SMILES string of the molecule is COc1cccc2c1OC[C@@H](C(=O)NCc1nnc(-c3ccccc3)o1)C2. The first kappa shape index (κ1) is 17.1. The Balaban J connectivity index is 1.37. The van der Waals surface area contributed by atoms with Gasteiger partial charge in [-0.05, 0) is 30.2 Å². The Bertz CT molecular complexity index is 939. The molecule has 1 aromatic heterocycles. The number of amides is 1. The highest BCUT2D eigenvalue weighted by Crippen LogP contribution is 2.36. The average Bonchev–Trinajstić information content (AvgIpc) is 3.21. The predicted molar refractivity (Wildman–Crippen MR) is 97.3 cm³/mol. The van der Waals surface area contributed by atoms with E-state index in [9.17, 15) is 4.79 Å². The predicted octanol–water partition coefficient (Wildman–Crippen LogP) is 2.61. The van der Waals surface area contributed by atoms with Crippen LogP contribution in [0, 0.1) is 5.92 Å². The minimum atomic E-state index is -0.277. The van der Waals surface area contributed by atoms with Crippen molar-refractivity contribution >= 4 is 5.91 Å². The first-order chi connectivity index (χ1) is 13.2. The molecule has 0 radical (unpaired) electrons. The van der Waals surface area contributed by atoms with Gasteiger partial charge in [0.25, 0.3) is 0 Å². The number of para-hydroxylation sites is 1. The summed E-state index contributed by atoms with van der Waals surface area (Å²) in [6.07, 6.45) is 0.595. The van der Waals surface area contributed by atoms with Crippen LogP contribution in [0.3, 0.4) is 0 Å². The van der Waals surface area contributed by atoms with Gasteiger partial charge in [0.2, 0.25) is 17.7 Å². The molecule has 27 heavy (non-hydrogen) atoms. The maximum Gasteiger partial charge on any atom is 0.247 e. The van der Waals surface area contributed by atoms with Crippen molar-refractivity contribution in [3.8, 4) is 23.0 Å². The molecule has 0 unspecified atom stereocenters. The van der Waals surface area contributed by atoms with E-state index in [0.29, 0.717) is 36.3 Å². The van der Waals surface area contributed by atoms with E-state index in [4.69, 9.17) is 13.9 Å². The first-order valence-corrected chi connectivity index (χ1v) is 8.69. The molecular weight excluding hydrogens is 346 g/mol. The van der Waals surface area contributed by atoms with Gasteiger partial charge in [0.1, 0.15) is 6.61 Å². The van der Waals surface area contributed by atoms with Crippen molar-refractivity contribution in [3.63, 3.8) is 0 Å². The van der Waals surface area contributed by atoms with Gasteiger partial charge < -0.3 is 19.2 Å². The monoisotopic (exact) mass is 365 g/mol. The molecule has 3 aromatic rings. The third-order valence-corrected chi connectivity index (χ3v) is 4.45. The number of ether oxygens (including phenoxy) is 2. The van der Waals surface area contributed by atoms with E-state index in [2.05, 4.69) is 15.5 Å². The lowest BCUT2D eigenvalue weighted by atomic mass is 9.95. The summed E-state index contributed by atoms with van der Waals surface area (Å²) in [6, 6.07) is 15.2. The highest BCUT2D eigenvalue weighted by molar-refractivity contribution is 5.79. The molecule has 0 aliphatic carbocycles. The Hall–Kier alpha value is -3.35. The summed E-state index contributed by atoms with van der Waals surface area (Å²) < 4.78 is 16.7. The normalized spacial score (nSPS) is 15.5. The van der Waals surface area contributed by atoms with Crippen LogP contribution in [0.1, 0.15) is 11.5 Å². The molecule has 138 valence electrons. The molecule has 7 nitrogen and oxygen atoms in total. The van der Waals surface area contributed by atoms with Crippen LogP contribution >= 0.6 is 0 Å². The number of carbonyl (C=O) groups is 1. The van der Waals surface area contributed by atoms with E-state index >= 15 is 0 Å². The number of hydrogen-bond acceptors (Lipinski definition) is 6. The average molecular weight is 365 g/mol. The lowest BCUT2D eigenvalue weighted by Crippen LogP contribution is -2.37. The van der Waals surface area contributed by atoms with Crippen LogP contribution in [0.25, 0.3) is 11.5 Å². The Kier molecular flexibility index (Phi) is 4.74. The van der Waals surface area contributed by atoms with E-state index < -0.39 is 0 Å². The van der Waals surface area contributed by atoms with E-state index in [1.54, 1.807) is 7.11 Å². The van der Waals surface area contributed by atoms with Crippen molar-refractivity contribution in [2.45, 2.75) is 13.0 Å². The summed E-state index contributed by atoms with van der Waals surface area (Å²) in [6.45, 7) is 0.485. The molecule has 1 aliphatic rings. The minimum absolute atomic E-state index is 0.108. The second-order valence-corrected chi connectivity index (χ2v) is 6.25. The summed E-state index contributed by atoms with van der Waals surface area (Å²) in [5.74, 6) is 1.81. The summed E-state index contributed by atoms with van der Waals surface area (Å²) in [5.41, 5.74) is 1.80. The molecule has 1 N–H and O–H groups in total. The van der Waals surface area contributed by atoms with Crippen LogP contribution in [0.2, 0.25) is 0 Å². The molecule has 0 saturated heterocycles. The maximum atomic E-state index is 12.5. The fraction of sp³-hybridized carbons (Fsp3) is 0.250. The number of hydrogen-bond donors (Lipinski definition) is 1. The van der Waals surface area contributed by atoms with Gasteiger partial charge in [-0.2, -0.15) is 0 Å². The highest BCUT2D eigenvalue weighted by atomic mass is 16.5. The van der Waals surface area contributed by atoms with Crippen molar-refractivity contribution in [1.29, 1.82) is 0 Å². The third-order valence-electron chi connectivity index (χ3n) is 4.45. The molecule has 2 heterocycles. The van der Waals surface area contributed by atoms with Crippen LogP contribution in [-0.4, -0.2) is 29.8 Å². The number of rotatable bonds is 5. The molecule has 0 fully saturated rings. The molecular formula is C20H19N3O4. The summed E-state index contributed by atoms with van der Waals surface area (Å²) in [4.78, 5) is 12.5. The maximum absolute atomic E-state index is 12.5. The minimum Gasteiger partial charge on any atom is -0.493 e. The summed E-state index contributed by atoms with van der Waals surface area (Å²) >= 11 is 0. The summed E-state index contributed by atoms with van der Waals surface area (Å²) in [5, 5.41) is 10.9. The fourth-order valence-corrected chi connectivity index (χ4v) is 3.05. The lowest BCUT2D eigenvalue weighted by Gasteiger charge is -2.25. The molecule has 7 heteroatoms. The number of nitrogens with zero attached hydrogens (tertiary/aromatic N) is 2. The van der Waals surface area contributed by atoms with Gasteiger partial charge in [-0.15, -0.1) is 10.2 Å². The molecule has 1 aliphatic heterocycles. The van der Waals surface area contributed by atoms with Crippen LogP contribution in [-0.2, 0) is 17.8 Å². The molecule has 1 amide bonds. The van der Waals surface area contributed by atoms with E-state index in [0.717, 1.165) is 11.1 Å². The number of fused-ring (bicyclic) bond motifs is 1. The van der Waals surface area contributed by atoms with E-state index in [-0.39, 0.29) is 18.4 Å². The van der Waals surface area contributed by atoms with Gasteiger partial charge in [0.15, 0.2) is 11.5 Å². The van der Waals surface area contributed by atoms with Crippen LogP contribution in [0.15, 0.2) is 52.9 Å². The lowest BCUT2D eigenvalue weighted by molar-refractivity contribution is -0.126. The number of nitrogens with one attached hydrogen (secondary N) is 1. The molecule has 2 aromatic carbocycles. The Morgan fingerprint density at radius 3 is 2.85 bits per heavy atom. The van der Waals surface area contributed by atoms with Crippen molar-refractivity contribution in [2.24, 2.45) is 5.92 Å². The topological polar surface area (TPSA) is 86.5 Å². The van der Waals surface area contributed by atoms with Gasteiger partial charge in [0, 0.05) is 5.56 Å². The largest absolute Gasteiger partial charge is 0.493 e. The van der Waals surface area contributed by atoms with Crippen molar-refractivity contribution in [3.05, 3.63) is 60.0 Å². The Labute approximate surface area is 156 Å². The number of carbonyl (C=O) groups excluding carboxylic acids is 1. The van der Waals surface area contributed by atoms with E-state index in [1.165, 1.54) is 0 Å². The van der Waals surface area contributed by atoms with Gasteiger partial charge in [-0.1, -0.05) is 30.3 Å². The number of aromatic nitrogens is 2. The zero-order chi connectivity index (χ0) is 18.6. The second kappa shape index (κ2) is 7.49. The molecule has 0 saturated carbocycles. The first-order valence-electron chi connectivity index (χ1n) is 8.69. The number of benzene rings is 2. The van der Waals surface area contributed by atoms with Gasteiger partial charge in [0.05, 0.1) is 19.6 Å². The highest BCUT2D eigenvalue weighted by Gasteiger charge is 2.28. The van der Waals surface area contributed by atoms with Crippen LogP contribution < -0.4 is 14.8 Å². The molecule has 1 atom stereocenters. The summed E-state index contributed by atoms with van der Waals surface area (Å²) in [7, 11) is 1.60. The van der Waals surface area contributed by atoms with Gasteiger partial charge in [-0.25, -0.2) is 0 Å². The Morgan fingerprint density at radius 1 is 1.19 bits per heavy atom. The van der Waals surface area contributed by atoms with Gasteiger partial charge >= 0.3 is 0 Å². The van der Waals surface area contributed by atoms with Crippen LogP contribution in [0.5, 0.6) is 11.5 Å². The molecule has 4 rings (SSSR count). The zero-order valence-electron chi connectivity index (χ0n) is 14.8. The van der Waals surface area contributed by atoms with Crippen molar-refractivity contribution in [1.82, 2.24) is 15.5 Å². The number of methoxy groups -OCH3 is 1. The standard InChI is InChI=1S/C20H19N3O4/c1-25-16-9-5-8-14-10-15(12-26-18(14)16)19(24)21-11-17-22-23-20(27-17)13-6-3-2-4-7-13/h2-9,15H,10-12H2,1H3,(H,21,24)/t15-/m0/s1. The van der Waals surface area contributed by atoms with Crippen LogP contribution in [0.4, 0.5) is 0 Å². The second-order valence-electron chi connectivity index (χ2n) is 6.25. The molecule has 0 bridgehead atoms. The van der Waals surface area contributed by atoms with Gasteiger partial charge in [-0.3, -0.25) is 4.79 Å². The van der Waals surface area contributed by atoms with E-state index in [1.807, 2.05) is 48.5 Å². The quantitative estimate of drug-likeness (QED) is 0.748. The van der Waals surface area contributed by atoms with Crippen molar-refractivity contribution in [2.75, 3.05) is 13.7 Å². The molecule has 0 spiro atoms. The Morgan fingerprint density at radius 2 is 2.04 bits per heavy atom. The third kappa shape index (κ3) is 3.62. The van der Waals surface area contributed by atoms with Crippen molar-refractivity contribution < 1.29 is 18.7 Å². The fourth-order valence-electron chi connectivity index (χ4n) is 3.05.